The molecule has 1 aromatic heterocycles. The molecule has 0 saturated heterocycles. The van der Waals surface area contributed by atoms with E-state index in [2.05, 4.69) is 10.3 Å². The van der Waals surface area contributed by atoms with Crippen molar-refractivity contribution in [2.45, 2.75) is 0 Å². The molecule has 1 heterocycles. The first kappa shape index (κ1) is 19.8. The van der Waals surface area contributed by atoms with Crippen LogP contribution in [0.25, 0.3) is 28.6 Å². The fourth-order valence-electron chi connectivity index (χ4n) is 2.92. The maximum absolute atomic E-state index is 12.2. The number of methoxy groups -OCH3 is 1. The molecule has 8 nitrogen and oxygen atoms in total. The Labute approximate surface area is 176 Å². The average molecular weight is 415 g/mol. The molecule has 0 atom stereocenters. The van der Waals surface area contributed by atoms with E-state index in [9.17, 15) is 14.9 Å². The molecular weight excluding hydrogens is 398 g/mol. The van der Waals surface area contributed by atoms with Gasteiger partial charge in [-0.3, -0.25) is 14.9 Å². The van der Waals surface area contributed by atoms with Gasteiger partial charge in [-0.2, -0.15) is 0 Å². The van der Waals surface area contributed by atoms with Crippen molar-refractivity contribution in [3.63, 3.8) is 0 Å². The van der Waals surface area contributed by atoms with Crippen molar-refractivity contribution in [3.8, 4) is 17.2 Å². The summed E-state index contributed by atoms with van der Waals surface area (Å²) < 4.78 is 11.0. The second-order valence-corrected chi connectivity index (χ2v) is 6.60. The lowest BCUT2D eigenvalue weighted by molar-refractivity contribution is -0.384. The largest absolute Gasteiger partial charge is 0.497 e. The molecule has 0 spiro atoms. The van der Waals surface area contributed by atoms with Crippen molar-refractivity contribution >= 4 is 34.5 Å². The number of rotatable bonds is 6. The summed E-state index contributed by atoms with van der Waals surface area (Å²) in [5.74, 6) is 0.874. The summed E-state index contributed by atoms with van der Waals surface area (Å²) in [6, 6.07) is 18.5. The number of benzene rings is 3. The lowest BCUT2D eigenvalue weighted by Gasteiger charge is -2.01. The van der Waals surface area contributed by atoms with E-state index in [0.29, 0.717) is 28.2 Å². The zero-order valence-electron chi connectivity index (χ0n) is 16.4. The van der Waals surface area contributed by atoms with Crippen LogP contribution in [0.3, 0.4) is 0 Å². The van der Waals surface area contributed by atoms with Crippen molar-refractivity contribution in [2.75, 3.05) is 12.4 Å². The molecule has 1 amide bonds. The minimum absolute atomic E-state index is 0.00373. The van der Waals surface area contributed by atoms with Crippen molar-refractivity contribution in [1.82, 2.24) is 4.98 Å². The van der Waals surface area contributed by atoms with Crippen LogP contribution in [0.1, 0.15) is 5.56 Å². The van der Waals surface area contributed by atoms with E-state index in [4.69, 9.17) is 9.15 Å². The predicted molar refractivity (Wildman–Crippen MR) is 117 cm³/mol. The molecule has 4 aromatic rings. The number of carbonyl (C=O) groups excluding carboxylic acids is 1. The molecular formula is C23H17N3O5. The molecule has 0 unspecified atom stereocenters. The monoisotopic (exact) mass is 415 g/mol. The van der Waals surface area contributed by atoms with Crippen molar-refractivity contribution in [2.24, 2.45) is 0 Å². The second kappa shape index (κ2) is 8.50. The number of nitrogens with zero attached hydrogens (tertiary/aromatic N) is 2. The summed E-state index contributed by atoms with van der Waals surface area (Å²) in [6.45, 7) is 0. The van der Waals surface area contributed by atoms with Crippen LogP contribution in [0.15, 0.2) is 77.2 Å². The van der Waals surface area contributed by atoms with Crippen LogP contribution in [0.4, 0.5) is 11.4 Å². The standard InChI is InChI=1S/C23H17N3O5/c1-30-19-10-5-16(6-11-19)23-25-20-12-7-17(14-21(20)31-23)24-22(27)13-4-15-2-8-18(9-3-15)26(28)29/h2-14H,1H3,(H,24,27)/b13-4+. The third-order valence-electron chi connectivity index (χ3n) is 4.52. The van der Waals surface area contributed by atoms with Crippen molar-refractivity contribution < 1.29 is 18.9 Å². The molecule has 0 aliphatic carbocycles. The second-order valence-electron chi connectivity index (χ2n) is 6.60. The van der Waals surface area contributed by atoms with E-state index in [1.165, 1.54) is 18.2 Å². The highest BCUT2D eigenvalue weighted by atomic mass is 16.6. The lowest BCUT2D eigenvalue weighted by Crippen LogP contribution is -2.07. The van der Waals surface area contributed by atoms with E-state index in [1.54, 1.807) is 43.5 Å². The lowest BCUT2D eigenvalue weighted by atomic mass is 10.2. The Bertz CT molecular complexity index is 1280. The number of oxazole rings is 1. The molecule has 8 heteroatoms. The van der Waals surface area contributed by atoms with Crippen LogP contribution in [-0.4, -0.2) is 22.9 Å². The van der Waals surface area contributed by atoms with Gasteiger partial charge in [0.05, 0.1) is 12.0 Å². The first-order chi connectivity index (χ1) is 15.0. The summed E-state index contributed by atoms with van der Waals surface area (Å²) in [5.41, 5.74) is 3.26. The number of nitrogens with one attached hydrogen (secondary N) is 1. The first-order valence-electron chi connectivity index (χ1n) is 9.30. The molecule has 0 aliphatic rings. The van der Waals surface area contributed by atoms with Crippen LogP contribution in [0.2, 0.25) is 0 Å². The molecule has 0 aliphatic heterocycles. The van der Waals surface area contributed by atoms with Crippen LogP contribution in [0.5, 0.6) is 5.75 Å². The first-order valence-corrected chi connectivity index (χ1v) is 9.30. The number of nitro groups is 1. The fourth-order valence-corrected chi connectivity index (χ4v) is 2.92. The highest BCUT2D eigenvalue weighted by Crippen LogP contribution is 2.27. The van der Waals surface area contributed by atoms with Crippen molar-refractivity contribution in [1.29, 1.82) is 0 Å². The maximum atomic E-state index is 12.2. The van der Waals surface area contributed by atoms with Crippen LogP contribution >= 0.6 is 0 Å². The van der Waals surface area contributed by atoms with E-state index in [1.807, 2.05) is 24.3 Å². The average Bonchev–Trinajstić information content (AvgIpc) is 3.21. The number of aromatic nitrogens is 1. The van der Waals surface area contributed by atoms with E-state index in [0.717, 1.165) is 11.3 Å². The van der Waals surface area contributed by atoms with Gasteiger partial charge in [0.15, 0.2) is 5.58 Å². The summed E-state index contributed by atoms with van der Waals surface area (Å²) in [4.78, 5) is 26.9. The molecule has 31 heavy (non-hydrogen) atoms. The number of non-ortho nitro benzene ring substituents is 1. The smallest absolute Gasteiger partial charge is 0.269 e. The maximum Gasteiger partial charge on any atom is 0.269 e. The Balaban J connectivity index is 1.46. The minimum Gasteiger partial charge on any atom is -0.497 e. The third kappa shape index (κ3) is 4.59. The van der Waals surface area contributed by atoms with Crippen LogP contribution in [0, 0.1) is 10.1 Å². The summed E-state index contributed by atoms with van der Waals surface area (Å²) in [6.07, 6.45) is 2.93. The van der Waals surface area contributed by atoms with Gasteiger partial charge < -0.3 is 14.5 Å². The van der Waals surface area contributed by atoms with Crippen LogP contribution in [-0.2, 0) is 4.79 Å². The Kier molecular flexibility index (Phi) is 5.44. The number of hydrogen-bond acceptors (Lipinski definition) is 6. The zero-order chi connectivity index (χ0) is 21.8. The molecule has 1 N–H and O–H groups in total. The topological polar surface area (TPSA) is 108 Å². The summed E-state index contributed by atoms with van der Waals surface area (Å²) >= 11 is 0. The molecule has 0 bridgehead atoms. The number of amides is 1. The van der Waals surface area contributed by atoms with Crippen LogP contribution < -0.4 is 10.1 Å². The Morgan fingerprint density at radius 2 is 1.84 bits per heavy atom. The molecule has 0 radical (unpaired) electrons. The molecule has 4 rings (SSSR count). The number of nitro benzene ring substituents is 1. The third-order valence-corrected chi connectivity index (χ3v) is 4.52. The zero-order valence-corrected chi connectivity index (χ0v) is 16.4. The van der Waals surface area contributed by atoms with Gasteiger partial charge in [-0.1, -0.05) is 0 Å². The summed E-state index contributed by atoms with van der Waals surface area (Å²) in [5, 5.41) is 13.4. The quantitative estimate of drug-likeness (QED) is 0.268. The Morgan fingerprint density at radius 3 is 2.52 bits per heavy atom. The Morgan fingerprint density at radius 1 is 1.10 bits per heavy atom. The molecule has 0 fully saturated rings. The van der Waals surface area contributed by atoms with Crippen molar-refractivity contribution in [3.05, 3.63) is 88.5 Å². The van der Waals surface area contributed by atoms with E-state index < -0.39 is 4.92 Å². The van der Waals surface area contributed by atoms with Gasteiger partial charge in [-0.05, 0) is 60.2 Å². The number of carbonyl (C=O) groups is 1. The number of fused-ring (bicyclic) bond motifs is 1. The summed E-state index contributed by atoms with van der Waals surface area (Å²) in [7, 11) is 1.60. The number of ether oxygens (including phenoxy) is 1. The number of anilines is 1. The highest BCUT2D eigenvalue weighted by Gasteiger charge is 2.10. The molecule has 154 valence electrons. The van der Waals surface area contributed by atoms with Gasteiger partial charge in [0.25, 0.3) is 5.69 Å². The predicted octanol–water partition coefficient (Wildman–Crippen LogP) is 5.06. The molecule has 3 aromatic carbocycles. The van der Waals surface area contributed by atoms with Gasteiger partial charge in [-0.25, -0.2) is 4.98 Å². The van der Waals surface area contributed by atoms with E-state index >= 15 is 0 Å². The van der Waals surface area contributed by atoms with Gasteiger partial charge >= 0.3 is 0 Å². The van der Waals surface area contributed by atoms with Gasteiger partial charge in [-0.15, -0.1) is 0 Å². The highest BCUT2D eigenvalue weighted by molar-refractivity contribution is 6.02. The van der Waals surface area contributed by atoms with Gasteiger partial charge in [0, 0.05) is 35.5 Å². The normalized spacial score (nSPS) is 11.0. The minimum atomic E-state index is -0.472. The number of hydrogen-bond donors (Lipinski definition) is 1. The fraction of sp³-hybridized carbons (Fsp3) is 0.0435. The molecule has 0 saturated carbocycles. The SMILES string of the molecule is COc1ccc(-c2nc3ccc(NC(=O)/C=C/c4ccc([N+](=O)[O-])cc4)cc3o2)cc1. The van der Waals surface area contributed by atoms with E-state index in [-0.39, 0.29) is 11.6 Å². The Hall–Kier alpha value is -4.46. The van der Waals surface area contributed by atoms with Gasteiger partial charge in [0.2, 0.25) is 11.8 Å². The van der Waals surface area contributed by atoms with Gasteiger partial charge in [0.1, 0.15) is 11.3 Å².